The number of hydrogen-bond donors (Lipinski definition) is 1. The fraction of sp³-hybridized carbons (Fsp3) is 0.0769. The second-order valence-corrected chi connectivity index (χ2v) is 6.59. The number of aliphatic hydroxyl groups excluding tert-OH is 1. The SMILES string of the molecule is OCCC#Cc1nc(-c2ccncc2)c(-c2ccc(F)cc2)n1C#Cc1ccccc1. The number of aliphatic hydroxyl groups is 1. The number of hydrogen-bond acceptors (Lipinski definition) is 3. The van der Waals surface area contributed by atoms with Crippen LogP contribution in [-0.2, 0) is 0 Å². The van der Waals surface area contributed by atoms with Crippen molar-refractivity contribution in [2.75, 3.05) is 6.61 Å². The zero-order valence-electron chi connectivity index (χ0n) is 16.6. The van der Waals surface area contributed by atoms with Gasteiger partial charge in [0.2, 0.25) is 0 Å². The van der Waals surface area contributed by atoms with E-state index < -0.39 is 0 Å². The summed E-state index contributed by atoms with van der Waals surface area (Å²) < 4.78 is 15.3. The van der Waals surface area contributed by atoms with Gasteiger partial charge >= 0.3 is 0 Å². The van der Waals surface area contributed by atoms with Crippen molar-refractivity contribution in [3.8, 4) is 46.3 Å². The first-order valence-electron chi connectivity index (χ1n) is 9.72. The van der Waals surface area contributed by atoms with E-state index in [1.54, 1.807) is 29.1 Å². The van der Waals surface area contributed by atoms with Gasteiger partial charge in [0.25, 0.3) is 0 Å². The largest absolute Gasteiger partial charge is 0.395 e. The molecule has 31 heavy (non-hydrogen) atoms. The summed E-state index contributed by atoms with van der Waals surface area (Å²) in [6, 6.07) is 22.7. The first-order valence-corrected chi connectivity index (χ1v) is 9.72. The molecule has 0 aliphatic rings. The van der Waals surface area contributed by atoms with Crippen molar-refractivity contribution in [2.24, 2.45) is 0 Å². The maximum atomic E-state index is 13.6. The van der Waals surface area contributed by atoms with Gasteiger partial charge in [0.15, 0.2) is 5.82 Å². The van der Waals surface area contributed by atoms with Gasteiger partial charge in [-0.2, -0.15) is 0 Å². The van der Waals surface area contributed by atoms with Crippen molar-refractivity contribution in [3.63, 3.8) is 0 Å². The van der Waals surface area contributed by atoms with Gasteiger partial charge in [-0.15, -0.1) is 0 Å². The Hall–Kier alpha value is -4.19. The predicted molar refractivity (Wildman–Crippen MR) is 118 cm³/mol. The van der Waals surface area contributed by atoms with Crippen LogP contribution in [0.3, 0.4) is 0 Å². The van der Waals surface area contributed by atoms with Crippen LogP contribution in [0.25, 0.3) is 22.5 Å². The summed E-state index contributed by atoms with van der Waals surface area (Å²) in [4.78, 5) is 8.83. The van der Waals surface area contributed by atoms with Gasteiger partial charge in [-0.25, -0.2) is 13.9 Å². The van der Waals surface area contributed by atoms with Crippen molar-refractivity contribution in [1.82, 2.24) is 14.5 Å². The molecule has 5 heteroatoms. The van der Waals surface area contributed by atoms with E-state index in [4.69, 9.17) is 10.1 Å². The van der Waals surface area contributed by atoms with E-state index in [0.717, 1.165) is 16.7 Å². The van der Waals surface area contributed by atoms with Gasteiger partial charge in [0.05, 0.1) is 18.0 Å². The highest BCUT2D eigenvalue weighted by atomic mass is 19.1. The molecule has 2 aromatic heterocycles. The van der Waals surface area contributed by atoms with Crippen LogP contribution in [0, 0.1) is 29.6 Å². The van der Waals surface area contributed by atoms with E-state index in [-0.39, 0.29) is 12.4 Å². The lowest BCUT2D eigenvalue weighted by atomic mass is 10.1. The molecule has 150 valence electrons. The minimum Gasteiger partial charge on any atom is -0.395 e. The summed E-state index contributed by atoms with van der Waals surface area (Å²) in [5.74, 6) is 9.20. The Kier molecular flexibility index (Phi) is 6.18. The molecule has 0 aliphatic carbocycles. The second-order valence-electron chi connectivity index (χ2n) is 6.59. The van der Waals surface area contributed by atoms with E-state index in [1.807, 2.05) is 42.5 Å². The number of imidazole rings is 1. The monoisotopic (exact) mass is 407 g/mol. The third-order valence-corrected chi connectivity index (χ3v) is 4.47. The van der Waals surface area contributed by atoms with Crippen LogP contribution >= 0.6 is 0 Å². The summed E-state index contributed by atoms with van der Waals surface area (Å²) in [6.07, 6.45) is 3.71. The molecule has 4 aromatic rings. The van der Waals surface area contributed by atoms with E-state index in [9.17, 15) is 4.39 Å². The molecular formula is C26H18FN3O. The molecule has 0 saturated heterocycles. The van der Waals surface area contributed by atoms with E-state index in [1.165, 1.54) is 12.1 Å². The summed E-state index contributed by atoms with van der Waals surface area (Å²) in [7, 11) is 0. The molecule has 0 fully saturated rings. The summed E-state index contributed by atoms with van der Waals surface area (Å²) in [5, 5.41) is 9.11. The lowest BCUT2D eigenvalue weighted by molar-refractivity contribution is 0.305. The van der Waals surface area contributed by atoms with Crippen molar-refractivity contribution in [3.05, 3.63) is 96.3 Å². The Morgan fingerprint density at radius 1 is 0.871 bits per heavy atom. The summed E-state index contributed by atoms with van der Waals surface area (Å²) in [6.45, 7) is -0.0363. The number of nitrogens with zero attached hydrogens (tertiary/aromatic N) is 3. The molecule has 0 spiro atoms. The summed E-state index contributed by atoms with van der Waals surface area (Å²) in [5.41, 5.74) is 3.84. The van der Waals surface area contributed by atoms with Gasteiger partial charge in [-0.05, 0) is 60.4 Å². The van der Waals surface area contributed by atoms with Crippen LogP contribution < -0.4 is 0 Å². The number of pyridine rings is 1. The van der Waals surface area contributed by atoms with Crippen molar-refractivity contribution in [2.45, 2.75) is 6.42 Å². The molecule has 0 unspecified atom stereocenters. The first kappa shape index (κ1) is 20.1. The van der Waals surface area contributed by atoms with Crippen molar-refractivity contribution >= 4 is 0 Å². The fourth-order valence-electron chi connectivity index (χ4n) is 3.04. The fourth-order valence-corrected chi connectivity index (χ4v) is 3.04. The smallest absolute Gasteiger partial charge is 0.198 e. The van der Waals surface area contributed by atoms with Gasteiger partial charge in [0.1, 0.15) is 5.82 Å². The van der Waals surface area contributed by atoms with Crippen molar-refractivity contribution in [1.29, 1.82) is 0 Å². The molecule has 4 rings (SSSR count). The van der Waals surface area contributed by atoms with Crippen LogP contribution in [0.2, 0.25) is 0 Å². The molecule has 0 aliphatic heterocycles. The Bertz CT molecular complexity index is 1290. The van der Waals surface area contributed by atoms with Crippen LogP contribution in [-0.4, -0.2) is 26.2 Å². The third kappa shape index (κ3) is 4.70. The normalized spacial score (nSPS) is 10.0. The number of halogens is 1. The Balaban J connectivity index is 1.97. The standard InChI is InChI=1S/C26H18FN3O/c27-23-11-9-22(10-12-23)26-25(21-13-16-28-17-14-21)29-24(8-4-5-19-31)30(26)18-15-20-6-2-1-3-7-20/h1-3,6-7,9-14,16-17,31H,5,19H2. The van der Waals surface area contributed by atoms with E-state index in [0.29, 0.717) is 23.6 Å². The minimum atomic E-state index is -0.321. The average Bonchev–Trinajstić information content (AvgIpc) is 3.18. The molecule has 1 N–H and O–H groups in total. The molecule has 0 bridgehead atoms. The predicted octanol–water partition coefficient (Wildman–Crippen LogP) is 4.34. The van der Waals surface area contributed by atoms with Crippen molar-refractivity contribution < 1.29 is 9.50 Å². The second kappa shape index (κ2) is 9.54. The Labute approximate surface area is 180 Å². The number of benzene rings is 2. The maximum absolute atomic E-state index is 13.6. The molecule has 2 heterocycles. The quantitative estimate of drug-likeness (QED) is 0.514. The highest BCUT2D eigenvalue weighted by Gasteiger charge is 2.19. The van der Waals surface area contributed by atoms with Crippen LogP contribution in [0.1, 0.15) is 17.8 Å². The molecule has 4 nitrogen and oxygen atoms in total. The molecule has 0 saturated carbocycles. The zero-order chi connectivity index (χ0) is 21.5. The maximum Gasteiger partial charge on any atom is 0.198 e. The first-order chi connectivity index (χ1) is 15.3. The highest BCUT2D eigenvalue weighted by Crippen LogP contribution is 2.32. The Morgan fingerprint density at radius 2 is 1.61 bits per heavy atom. The zero-order valence-corrected chi connectivity index (χ0v) is 16.6. The highest BCUT2D eigenvalue weighted by molar-refractivity contribution is 5.80. The van der Waals surface area contributed by atoms with E-state index in [2.05, 4.69) is 28.8 Å². The molecular weight excluding hydrogens is 389 g/mol. The van der Waals surface area contributed by atoms with Gasteiger partial charge in [-0.1, -0.05) is 24.1 Å². The Morgan fingerprint density at radius 3 is 2.32 bits per heavy atom. The number of aromatic nitrogens is 3. The molecule has 0 radical (unpaired) electrons. The topological polar surface area (TPSA) is 50.9 Å². The molecule has 0 atom stereocenters. The minimum absolute atomic E-state index is 0.0363. The number of rotatable bonds is 3. The lowest BCUT2D eigenvalue weighted by Crippen LogP contribution is -1.97. The molecule has 0 amide bonds. The van der Waals surface area contributed by atoms with E-state index >= 15 is 0 Å². The van der Waals surface area contributed by atoms with Gasteiger partial charge in [0, 0.05) is 41.5 Å². The van der Waals surface area contributed by atoms with Gasteiger partial charge < -0.3 is 5.11 Å². The van der Waals surface area contributed by atoms with Crippen LogP contribution in [0.4, 0.5) is 4.39 Å². The van der Waals surface area contributed by atoms with Crippen LogP contribution in [0.5, 0.6) is 0 Å². The average molecular weight is 407 g/mol. The third-order valence-electron chi connectivity index (χ3n) is 4.47. The molecule has 2 aromatic carbocycles. The lowest BCUT2D eigenvalue weighted by Gasteiger charge is -2.06. The van der Waals surface area contributed by atoms with Gasteiger partial charge in [-0.3, -0.25) is 4.98 Å². The van der Waals surface area contributed by atoms with Crippen LogP contribution in [0.15, 0.2) is 79.1 Å². The summed E-state index contributed by atoms with van der Waals surface area (Å²) >= 11 is 0.